The van der Waals surface area contributed by atoms with Crippen LogP contribution in [0.2, 0.25) is 0 Å². The first-order valence-corrected chi connectivity index (χ1v) is 7.70. The zero-order chi connectivity index (χ0) is 12.8. The number of hydrogen-bond acceptors (Lipinski definition) is 5. The molecule has 0 spiro atoms. The third-order valence-electron chi connectivity index (χ3n) is 2.42. The first kappa shape index (κ1) is 13.5. The molecule has 0 bridgehead atoms. The Labute approximate surface area is 115 Å². The molecule has 0 saturated carbocycles. The van der Waals surface area contributed by atoms with E-state index in [0.29, 0.717) is 17.6 Å². The van der Waals surface area contributed by atoms with Gasteiger partial charge >= 0.3 is 5.97 Å². The highest BCUT2D eigenvalue weighted by molar-refractivity contribution is 8.39. The zero-order valence-corrected chi connectivity index (χ0v) is 11.8. The maximum absolute atomic E-state index is 11.2. The van der Waals surface area contributed by atoms with Crippen LogP contribution in [0.5, 0.6) is 0 Å². The average molecular weight is 281 g/mol. The minimum absolute atomic E-state index is 0.172. The van der Waals surface area contributed by atoms with Gasteiger partial charge < -0.3 is 4.74 Å². The molecule has 1 aliphatic heterocycles. The van der Waals surface area contributed by atoms with Crippen LogP contribution in [0.4, 0.5) is 0 Å². The van der Waals surface area contributed by atoms with E-state index in [2.05, 4.69) is 17.1 Å². The summed E-state index contributed by atoms with van der Waals surface area (Å²) in [6.45, 7) is 3.04. The summed E-state index contributed by atoms with van der Waals surface area (Å²) in [4.78, 5) is 15.7. The molecule has 0 fully saturated rings. The molecule has 3 nitrogen and oxygen atoms in total. The fourth-order valence-corrected chi connectivity index (χ4v) is 3.72. The maximum atomic E-state index is 11.2. The third-order valence-corrected chi connectivity index (χ3v) is 4.85. The molecule has 1 atom stereocenters. The summed E-state index contributed by atoms with van der Waals surface area (Å²) in [7, 11) is 0. The van der Waals surface area contributed by atoms with Crippen molar-refractivity contribution in [1.82, 2.24) is 0 Å². The van der Waals surface area contributed by atoms with Crippen LogP contribution in [0.1, 0.15) is 17.7 Å². The Morgan fingerprint density at radius 3 is 3.00 bits per heavy atom. The average Bonchev–Trinajstić information content (AvgIpc) is 2.87. The van der Waals surface area contributed by atoms with Gasteiger partial charge in [-0.3, -0.25) is 9.79 Å². The summed E-state index contributed by atoms with van der Waals surface area (Å²) in [5, 5.41) is 0.385. The first-order valence-electron chi connectivity index (χ1n) is 5.84. The molecular formula is C13H15NO2S2. The summed E-state index contributed by atoms with van der Waals surface area (Å²) in [5.41, 5.74) is 1.29. The Hall–Kier alpha value is -0.940. The summed E-state index contributed by atoms with van der Waals surface area (Å²) < 4.78 is 5.87. The lowest BCUT2D eigenvalue weighted by atomic mass is 10.1. The van der Waals surface area contributed by atoms with Crippen molar-refractivity contribution in [3.63, 3.8) is 0 Å². The Bertz CT molecular complexity index is 434. The van der Waals surface area contributed by atoms with Crippen molar-refractivity contribution in [3.05, 3.63) is 35.9 Å². The summed E-state index contributed by atoms with van der Waals surface area (Å²) in [6, 6.07) is 10.3. The molecule has 1 unspecified atom stereocenters. The van der Waals surface area contributed by atoms with Gasteiger partial charge in [-0.1, -0.05) is 53.9 Å². The van der Waals surface area contributed by atoms with Gasteiger partial charge in [0.05, 0.1) is 24.2 Å². The van der Waals surface area contributed by atoms with E-state index in [1.807, 2.05) is 25.1 Å². The van der Waals surface area contributed by atoms with Gasteiger partial charge in [-0.25, -0.2) is 0 Å². The van der Waals surface area contributed by atoms with Crippen molar-refractivity contribution in [2.45, 2.75) is 12.2 Å². The van der Waals surface area contributed by atoms with Crippen LogP contribution in [0.15, 0.2) is 35.3 Å². The van der Waals surface area contributed by atoms with E-state index in [4.69, 9.17) is 4.74 Å². The lowest BCUT2D eigenvalue weighted by molar-refractivity contribution is -0.139. The predicted molar refractivity (Wildman–Crippen MR) is 78.2 cm³/mol. The van der Waals surface area contributed by atoms with Crippen LogP contribution in [0.3, 0.4) is 0 Å². The molecule has 0 amide bonds. The SMILES string of the molecule is CCOC(=O)CSC1=NCC(c2ccccc2)S1. The molecule has 2 rings (SSSR count). The molecule has 0 aliphatic carbocycles. The lowest BCUT2D eigenvalue weighted by Crippen LogP contribution is -2.07. The molecule has 0 saturated heterocycles. The Morgan fingerprint density at radius 2 is 2.28 bits per heavy atom. The van der Waals surface area contributed by atoms with Crippen LogP contribution in [0, 0.1) is 0 Å². The van der Waals surface area contributed by atoms with Crippen molar-refractivity contribution < 1.29 is 9.53 Å². The number of thioether (sulfide) groups is 2. The normalized spacial score (nSPS) is 18.5. The van der Waals surface area contributed by atoms with E-state index in [0.717, 1.165) is 10.9 Å². The molecule has 5 heteroatoms. The minimum Gasteiger partial charge on any atom is -0.465 e. The van der Waals surface area contributed by atoms with E-state index < -0.39 is 0 Å². The van der Waals surface area contributed by atoms with Crippen molar-refractivity contribution in [1.29, 1.82) is 0 Å². The lowest BCUT2D eigenvalue weighted by Gasteiger charge is -2.07. The molecule has 1 aromatic carbocycles. The predicted octanol–water partition coefficient (Wildman–Crippen LogP) is 3.13. The number of carbonyl (C=O) groups is 1. The molecule has 96 valence electrons. The molecule has 18 heavy (non-hydrogen) atoms. The Balaban J connectivity index is 1.80. The number of aliphatic imine (C=N–C) groups is 1. The number of hydrogen-bond donors (Lipinski definition) is 0. The maximum Gasteiger partial charge on any atom is 0.316 e. The fourth-order valence-electron chi connectivity index (χ4n) is 1.60. The third kappa shape index (κ3) is 3.78. The van der Waals surface area contributed by atoms with E-state index in [1.165, 1.54) is 17.3 Å². The van der Waals surface area contributed by atoms with Gasteiger partial charge in [0, 0.05) is 0 Å². The van der Waals surface area contributed by atoms with Crippen LogP contribution in [-0.2, 0) is 9.53 Å². The zero-order valence-electron chi connectivity index (χ0n) is 10.2. The molecule has 1 aromatic rings. The number of esters is 1. The molecule has 0 N–H and O–H groups in total. The van der Waals surface area contributed by atoms with Crippen molar-refractivity contribution in [2.75, 3.05) is 18.9 Å². The Morgan fingerprint density at radius 1 is 1.50 bits per heavy atom. The van der Waals surface area contributed by atoms with Gasteiger partial charge in [0.25, 0.3) is 0 Å². The minimum atomic E-state index is -0.172. The quantitative estimate of drug-likeness (QED) is 0.795. The van der Waals surface area contributed by atoms with Gasteiger partial charge in [-0.05, 0) is 12.5 Å². The van der Waals surface area contributed by atoms with Gasteiger partial charge in [0.15, 0.2) is 0 Å². The fraction of sp³-hybridized carbons (Fsp3) is 0.385. The molecule has 0 aromatic heterocycles. The highest BCUT2D eigenvalue weighted by atomic mass is 32.2. The number of carbonyl (C=O) groups excluding carboxylic acids is 1. The van der Waals surface area contributed by atoms with E-state index in [-0.39, 0.29) is 5.97 Å². The van der Waals surface area contributed by atoms with E-state index in [9.17, 15) is 4.79 Å². The number of benzene rings is 1. The van der Waals surface area contributed by atoms with Crippen molar-refractivity contribution in [3.8, 4) is 0 Å². The van der Waals surface area contributed by atoms with Crippen LogP contribution < -0.4 is 0 Å². The number of nitrogens with zero attached hydrogens (tertiary/aromatic N) is 1. The molecular weight excluding hydrogens is 266 g/mol. The van der Waals surface area contributed by atoms with Gasteiger partial charge in [0.2, 0.25) is 0 Å². The molecule has 1 aliphatic rings. The van der Waals surface area contributed by atoms with Gasteiger partial charge in [0.1, 0.15) is 4.38 Å². The van der Waals surface area contributed by atoms with E-state index >= 15 is 0 Å². The topological polar surface area (TPSA) is 38.7 Å². The van der Waals surface area contributed by atoms with Gasteiger partial charge in [-0.15, -0.1) is 0 Å². The second kappa shape index (κ2) is 6.85. The number of rotatable bonds is 4. The smallest absolute Gasteiger partial charge is 0.316 e. The first-order chi connectivity index (χ1) is 8.79. The monoisotopic (exact) mass is 281 g/mol. The Kier molecular flexibility index (Phi) is 5.13. The van der Waals surface area contributed by atoms with Crippen molar-refractivity contribution >= 4 is 33.9 Å². The highest BCUT2D eigenvalue weighted by Crippen LogP contribution is 2.38. The number of ether oxygens (including phenoxy) is 1. The standard InChI is InChI=1S/C13H15NO2S2/c1-2-16-12(15)9-17-13-14-8-11(18-13)10-6-4-3-5-7-10/h3-7,11H,2,8-9H2,1H3. The van der Waals surface area contributed by atoms with Gasteiger partial charge in [-0.2, -0.15) is 0 Å². The second-order valence-corrected chi connectivity index (χ2v) is 6.13. The van der Waals surface area contributed by atoms with Crippen LogP contribution in [-0.4, -0.2) is 29.2 Å². The van der Waals surface area contributed by atoms with Crippen molar-refractivity contribution in [2.24, 2.45) is 4.99 Å². The molecule has 0 radical (unpaired) electrons. The van der Waals surface area contributed by atoms with E-state index in [1.54, 1.807) is 11.8 Å². The second-order valence-electron chi connectivity index (χ2n) is 3.72. The summed E-state index contributed by atoms with van der Waals surface area (Å²) >= 11 is 3.20. The summed E-state index contributed by atoms with van der Waals surface area (Å²) in [5.74, 6) is 0.176. The highest BCUT2D eigenvalue weighted by Gasteiger charge is 2.22. The largest absolute Gasteiger partial charge is 0.465 e. The molecule has 1 heterocycles. The van der Waals surface area contributed by atoms with Crippen LogP contribution >= 0.6 is 23.5 Å². The van der Waals surface area contributed by atoms with Crippen LogP contribution in [0.25, 0.3) is 0 Å². The summed E-state index contributed by atoms with van der Waals surface area (Å²) in [6.07, 6.45) is 0.